The lowest BCUT2D eigenvalue weighted by Crippen LogP contribution is -2.20. The van der Waals surface area contributed by atoms with Crippen LogP contribution in [-0.4, -0.2) is 11.4 Å². The Labute approximate surface area is 109 Å². The number of hydrogen-bond donors (Lipinski definition) is 0. The summed E-state index contributed by atoms with van der Waals surface area (Å²) in [6, 6.07) is 9.85. The van der Waals surface area contributed by atoms with Crippen molar-refractivity contribution in [3.63, 3.8) is 0 Å². The first kappa shape index (κ1) is 12.4. The first-order chi connectivity index (χ1) is 7.92. The number of fused-ring (bicyclic) bond motifs is 5. The average Bonchev–Trinajstić information content (AvgIpc) is 2.86. The molecule has 1 aromatic rings. The Kier molecular flexibility index (Phi) is 3.70. The van der Waals surface area contributed by atoms with Crippen LogP contribution in [0.3, 0.4) is 0 Å². The van der Waals surface area contributed by atoms with Gasteiger partial charge < -0.3 is 0 Å². The highest BCUT2D eigenvalue weighted by molar-refractivity contribution is 5.85. The fourth-order valence-corrected chi connectivity index (χ4v) is 2.81. The molecule has 1 nitrogen and oxygen atoms in total. The van der Waals surface area contributed by atoms with Crippen molar-refractivity contribution in [3.8, 4) is 0 Å². The Morgan fingerprint density at radius 2 is 1.65 bits per heavy atom. The van der Waals surface area contributed by atoms with Gasteiger partial charge >= 0.3 is 0 Å². The van der Waals surface area contributed by atoms with Gasteiger partial charge in [0.2, 0.25) is 0 Å². The minimum Gasteiger partial charge on any atom is -0.279 e. The lowest BCUT2D eigenvalue weighted by atomic mass is 9.97. The molecule has 0 N–H and O–H groups in total. The van der Waals surface area contributed by atoms with Crippen LogP contribution < -0.4 is 0 Å². The van der Waals surface area contributed by atoms with Crippen molar-refractivity contribution in [1.29, 1.82) is 0 Å². The Balaban J connectivity index is 0.00000108. The lowest BCUT2D eigenvalue weighted by molar-refractivity contribution is 0.267. The fourth-order valence-electron chi connectivity index (χ4n) is 2.81. The first-order valence-electron chi connectivity index (χ1n) is 6.09. The highest BCUT2D eigenvalue weighted by Crippen LogP contribution is 2.47. The second-order valence-corrected chi connectivity index (χ2v) is 4.48. The van der Waals surface area contributed by atoms with E-state index in [1.165, 1.54) is 11.1 Å². The van der Waals surface area contributed by atoms with Crippen LogP contribution in [0.25, 0.3) is 0 Å². The summed E-state index contributed by atoms with van der Waals surface area (Å²) in [5.41, 5.74) is 3.00. The smallest absolute Gasteiger partial charge is 0.0547 e. The van der Waals surface area contributed by atoms with Gasteiger partial charge in [-0.15, -0.1) is 12.4 Å². The van der Waals surface area contributed by atoms with Crippen molar-refractivity contribution in [2.24, 2.45) is 0 Å². The first-order valence-corrected chi connectivity index (χ1v) is 6.09. The van der Waals surface area contributed by atoms with Gasteiger partial charge in [-0.2, -0.15) is 0 Å². The van der Waals surface area contributed by atoms with Gasteiger partial charge in [0.1, 0.15) is 0 Å². The van der Waals surface area contributed by atoms with Crippen LogP contribution in [0.1, 0.15) is 36.6 Å². The van der Waals surface area contributed by atoms with Crippen LogP contribution in [0, 0.1) is 0 Å². The maximum absolute atomic E-state index is 2.55. The predicted molar refractivity (Wildman–Crippen MR) is 74.4 cm³/mol. The molecule has 2 aliphatic rings. The van der Waals surface area contributed by atoms with Crippen molar-refractivity contribution in [1.82, 2.24) is 4.90 Å². The van der Waals surface area contributed by atoms with E-state index in [-0.39, 0.29) is 12.4 Å². The summed E-state index contributed by atoms with van der Waals surface area (Å²) in [4.78, 5) is 2.55. The van der Waals surface area contributed by atoms with Crippen molar-refractivity contribution >= 4 is 12.4 Å². The topological polar surface area (TPSA) is 3.24 Å². The maximum Gasteiger partial charge on any atom is 0.0547 e. The van der Waals surface area contributed by atoms with E-state index in [0.717, 1.165) is 13.0 Å². The van der Waals surface area contributed by atoms with Crippen LogP contribution in [0.2, 0.25) is 0 Å². The molecule has 0 fully saturated rings. The summed E-state index contributed by atoms with van der Waals surface area (Å²) in [6.45, 7) is 3.24. The van der Waals surface area contributed by atoms with E-state index in [1.807, 2.05) is 0 Å². The molecule has 0 aromatic heterocycles. The van der Waals surface area contributed by atoms with Crippen LogP contribution in [0.5, 0.6) is 0 Å². The normalized spacial score (nSPS) is 25.2. The van der Waals surface area contributed by atoms with Gasteiger partial charge in [0.05, 0.1) is 12.1 Å². The molecule has 0 aliphatic carbocycles. The largest absolute Gasteiger partial charge is 0.279 e. The summed E-state index contributed by atoms with van der Waals surface area (Å²) >= 11 is 0. The Hall–Kier alpha value is -1.05. The van der Waals surface area contributed by atoms with Gasteiger partial charge in [0, 0.05) is 6.54 Å². The van der Waals surface area contributed by atoms with Gasteiger partial charge in [0.25, 0.3) is 0 Å². The monoisotopic (exact) mass is 247 g/mol. The summed E-state index contributed by atoms with van der Waals surface area (Å²) in [5, 5.41) is 0. The molecule has 0 saturated carbocycles. The summed E-state index contributed by atoms with van der Waals surface area (Å²) < 4.78 is 0. The molecule has 2 unspecified atom stereocenters. The van der Waals surface area contributed by atoms with Crippen LogP contribution in [0.15, 0.2) is 48.6 Å². The zero-order chi connectivity index (χ0) is 11.0. The average molecular weight is 248 g/mol. The fraction of sp³-hybridized carbons (Fsp3) is 0.333. The quantitative estimate of drug-likeness (QED) is 0.729. The van der Waals surface area contributed by atoms with Crippen molar-refractivity contribution in [2.75, 3.05) is 6.54 Å². The third-order valence-corrected chi connectivity index (χ3v) is 3.54. The minimum atomic E-state index is 0. The van der Waals surface area contributed by atoms with Crippen molar-refractivity contribution in [2.45, 2.75) is 25.4 Å². The highest BCUT2D eigenvalue weighted by Gasteiger charge is 2.38. The van der Waals surface area contributed by atoms with Crippen molar-refractivity contribution in [3.05, 3.63) is 59.7 Å². The predicted octanol–water partition coefficient (Wildman–Crippen LogP) is 4.04. The summed E-state index contributed by atoms with van der Waals surface area (Å²) in [5.74, 6) is 0. The number of halogens is 1. The molecule has 1 aromatic carbocycles. The highest BCUT2D eigenvalue weighted by atomic mass is 35.5. The molecule has 2 atom stereocenters. The molecule has 0 spiro atoms. The Morgan fingerprint density at radius 3 is 2.18 bits per heavy atom. The molecule has 0 radical (unpaired) electrons. The molecule has 2 heterocycles. The van der Waals surface area contributed by atoms with Crippen LogP contribution >= 0.6 is 12.4 Å². The second kappa shape index (κ2) is 5.07. The molecular weight excluding hydrogens is 230 g/mol. The standard InChI is InChI=1S/C15H17N.ClH/c1-2-3-6-11-16-14-9-10-15(16)13-8-5-4-7-12(13)14;/h3-10,14-15H,2,11H2,1H3;1H/b6-3+;. The minimum absolute atomic E-state index is 0. The number of rotatable bonds is 3. The number of hydrogen-bond acceptors (Lipinski definition) is 1. The second-order valence-electron chi connectivity index (χ2n) is 4.48. The summed E-state index contributed by atoms with van der Waals surface area (Å²) in [7, 11) is 0. The molecule has 3 rings (SSSR count). The summed E-state index contributed by atoms with van der Waals surface area (Å²) in [6.07, 6.45) is 10.4. The molecule has 90 valence electrons. The molecular formula is C15H18ClN. The molecule has 0 amide bonds. The third kappa shape index (κ3) is 1.94. The SMILES string of the molecule is CC/C=C/CN1C2C=CC1c1ccccc12.Cl. The third-order valence-electron chi connectivity index (χ3n) is 3.54. The van der Waals surface area contributed by atoms with E-state index in [1.54, 1.807) is 0 Å². The maximum atomic E-state index is 2.55. The zero-order valence-corrected chi connectivity index (χ0v) is 10.9. The van der Waals surface area contributed by atoms with Gasteiger partial charge in [-0.3, -0.25) is 4.90 Å². The zero-order valence-electron chi connectivity index (χ0n) is 10.0. The van der Waals surface area contributed by atoms with Gasteiger partial charge in [-0.05, 0) is 17.5 Å². The Morgan fingerprint density at radius 1 is 1.06 bits per heavy atom. The number of benzene rings is 1. The van der Waals surface area contributed by atoms with E-state index < -0.39 is 0 Å². The number of allylic oxidation sites excluding steroid dienone is 1. The van der Waals surface area contributed by atoms with E-state index in [9.17, 15) is 0 Å². The van der Waals surface area contributed by atoms with E-state index in [4.69, 9.17) is 0 Å². The molecule has 0 saturated heterocycles. The van der Waals surface area contributed by atoms with E-state index in [0.29, 0.717) is 12.1 Å². The molecule has 2 bridgehead atoms. The Bertz CT molecular complexity index is 417. The van der Waals surface area contributed by atoms with Gasteiger partial charge in [0.15, 0.2) is 0 Å². The lowest BCUT2D eigenvalue weighted by Gasteiger charge is -2.20. The van der Waals surface area contributed by atoms with Crippen LogP contribution in [0.4, 0.5) is 0 Å². The van der Waals surface area contributed by atoms with Gasteiger partial charge in [-0.25, -0.2) is 0 Å². The van der Waals surface area contributed by atoms with E-state index in [2.05, 4.69) is 60.4 Å². The van der Waals surface area contributed by atoms with E-state index >= 15 is 0 Å². The van der Waals surface area contributed by atoms with Crippen LogP contribution in [-0.2, 0) is 0 Å². The van der Waals surface area contributed by atoms with Gasteiger partial charge in [-0.1, -0.05) is 55.5 Å². The molecule has 2 heteroatoms. The number of nitrogens with zero attached hydrogens (tertiary/aromatic N) is 1. The molecule has 2 aliphatic heterocycles. The molecule has 17 heavy (non-hydrogen) atoms. The van der Waals surface area contributed by atoms with Crippen molar-refractivity contribution < 1.29 is 0 Å².